The molecule has 0 saturated heterocycles. The normalized spacial score (nSPS) is 11.6. The molecule has 1 aliphatic rings. The zero-order chi connectivity index (χ0) is 34.4. The minimum absolute atomic E-state index is 0. The molecule has 0 fully saturated rings. The number of anilines is 2. The maximum Gasteiger partial charge on any atom is 0.136 e. The summed E-state index contributed by atoms with van der Waals surface area (Å²) < 4.78 is 6.55. The summed E-state index contributed by atoms with van der Waals surface area (Å²) in [5.41, 5.74) is 16.2. The van der Waals surface area contributed by atoms with Gasteiger partial charge < -0.3 is 19.7 Å². The van der Waals surface area contributed by atoms with E-state index in [0.717, 1.165) is 67.0 Å². The fraction of sp³-hybridized carbons (Fsp3) is 0.130. The van der Waals surface area contributed by atoms with Crippen molar-refractivity contribution in [3.8, 4) is 44.8 Å². The quantitative estimate of drug-likeness (QED) is 0.176. The van der Waals surface area contributed by atoms with Gasteiger partial charge in [-0.25, -0.2) is 0 Å². The van der Waals surface area contributed by atoms with Crippen molar-refractivity contribution in [2.24, 2.45) is 0 Å². The second-order valence-corrected chi connectivity index (χ2v) is 13.9. The van der Waals surface area contributed by atoms with E-state index in [4.69, 9.17) is 9.40 Å². The third-order valence-corrected chi connectivity index (χ3v) is 9.43. The van der Waals surface area contributed by atoms with Crippen molar-refractivity contribution in [3.05, 3.63) is 156 Å². The number of fused-ring (bicyclic) bond motifs is 10. The average molecular weight is 840 g/mol. The first-order chi connectivity index (χ1) is 24.2. The molecule has 0 aliphatic carbocycles. The van der Waals surface area contributed by atoms with Crippen LogP contribution in [0.15, 0.2) is 132 Å². The van der Waals surface area contributed by atoms with E-state index in [1.165, 1.54) is 27.8 Å². The van der Waals surface area contributed by atoms with Crippen molar-refractivity contribution in [2.45, 2.75) is 40.0 Å². The van der Waals surface area contributed by atoms with Crippen LogP contribution in [0.4, 0.5) is 11.4 Å². The molecule has 5 heteroatoms. The fourth-order valence-corrected chi connectivity index (χ4v) is 6.74. The first kappa shape index (κ1) is 34.1. The molecule has 1 aliphatic heterocycles. The van der Waals surface area contributed by atoms with Crippen LogP contribution >= 0.6 is 0 Å². The molecular formula is C46H37IrN3O-2. The number of furan rings is 1. The Bertz CT molecular complexity index is 2460. The number of nitrogens with one attached hydrogen (secondary N) is 1. The molecule has 51 heavy (non-hydrogen) atoms. The summed E-state index contributed by atoms with van der Waals surface area (Å²) >= 11 is 0. The number of para-hydroxylation sites is 1. The first-order valence-corrected chi connectivity index (χ1v) is 17.0. The molecule has 4 nitrogen and oxygen atoms in total. The SMILES string of the molecule is Cc1ccc(-c2[c-]cc3c(c2)-c2c(C)c(cc4oc5ccc(C(C)(C)C)cc5c24)-c2ccccc2N3)nc1.[Ir].[c-]1ccccc1-c1ccccn1. The number of benzene rings is 5. The van der Waals surface area contributed by atoms with E-state index >= 15 is 0 Å². The smallest absolute Gasteiger partial charge is 0.136 e. The van der Waals surface area contributed by atoms with Gasteiger partial charge >= 0.3 is 0 Å². The van der Waals surface area contributed by atoms with E-state index < -0.39 is 0 Å². The van der Waals surface area contributed by atoms with Gasteiger partial charge in [0.25, 0.3) is 0 Å². The molecule has 0 saturated carbocycles. The molecule has 1 radical (unpaired) electrons. The third-order valence-electron chi connectivity index (χ3n) is 9.43. The standard InChI is InChI=1S/C35H29N2O.C11H8N.Ir/c1-20-10-13-28(36-19-20)22-11-14-30-26(16-22)33-21(2)25(24-8-6-7-9-29(24)37-30)18-32-34(33)27-17-23(35(3,4)5)12-15-31(27)38-32;1-2-6-10(7-3-1)11-8-4-5-9-12-11;/h6-10,12-19,37H,1-5H3;1-6,8-9H;/q2*-1;. The van der Waals surface area contributed by atoms with Crippen LogP contribution in [-0.4, -0.2) is 9.97 Å². The van der Waals surface area contributed by atoms with Gasteiger partial charge in [0.15, 0.2) is 0 Å². The molecule has 9 rings (SSSR count). The van der Waals surface area contributed by atoms with Crippen molar-refractivity contribution in [2.75, 3.05) is 5.32 Å². The summed E-state index contributed by atoms with van der Waals surface area (Å²) in [7, 11) is 0. The van der Waals surface area contributed by atoms with Crippen LogP contribution in [-0.2, 0) is 25.5 Å². The van der Waals surface area contributed by atoms with E-state index in [9.17, 15) is 0 Å². The van der Waals surface area contributed by atoms with Crippen molar-refractivity contribution in [1.82, 2.24) is 9.97 Å². The van der Waals surface area contributed by atoms with Crippen LogP contribution in [0.25, 0.3) is 66.7 Å². The van der Waals surface area contributed by atoms with Crippen LogP contribution in [0.1, 0.15) is 37.5 Å². The zero-order valence-electron chi connectivity index (χ0n) is 29.3. The van der Waals surface area contributed by atoms with Gasteiger partial charge in [0.05, 0.1) is 0 Å². The number of aryl methyl sites for hydroxylation is 1. The number of aromatic nitrogens is 2. The zero-order valence-corrected chi connectivity index (χ0v) is 31.7. The molecule has 0 unspecified atom stereocenters. The fourth-order valence-electron chi connectivity index (χ4n) is 6.74. The molecular weight excluding hydrogens is 803 g/mol. The Balaban J connectivity index is 0.000000265. The topological polar surface area (TPSA) is 51.0 Å². The van der Waals surface area contributed by atoms with Gasteiger partial charge in [0.2, 0.25) is 0 Å². The molecule has 4 heterocycles. The molecule has 5 aromatic carbocycles. The van der Waals surface area contributed by atoms with Crippen LogP contribution in [0, 0.1) is 26.0 Å². The molecule has 1 N–H and O–H groups in total. The molecule has 2 bridgehead atoms. The van der Waals surface area contributed by atoms with Gasteiger partial charge in [-0.3, -0.25) is 0 Å². The number of pyridine rings is 2. The first-order valence-electron chi connectivity index (χ1n) is 17.0. The van der Waals surface area contributed by atoms with E-state index in [2.05, 4.69) is 130 Å². The monoisotopic (exact) mass is 840 g/mol. The molecule has 0 atom stereocenters. The summed E-state index contributed by atoms with van der Waals surface area (Å²) in [6.07, 6.45) is 3.70. The Kier molecular flexibility index (Phi) is 9.20. The summed E-state index contributed by atoms with van der Waals surface area (Å²) in [4.78, 5) is 8.92. The largest absolute Gasteiger partial charge is 0.456 e. The minimum atomic E-state index is 0. The van der Waals surface area contributed by atoms with Gasteiger partial charge in [-0.1, -0.05) is 74.9 Å². The van der Waals surface area contributed by atoms with E-state index in [-0.39, 0.29) is 25.5 Å². The van der Waals surface area contributed by atoms with Crippen LogP contribution in [0.3, 0.4) is 0 Å². The number of rotatable bonds is 2. The van der Waals surface area contributed by atoms with Crippen molar-refractivity contribution < 1.29 is 24.5 Å². The predicted molar refractivity (Wildman–Crippen MR) is 207 cm³/mol. The van der Waals surface area contributed by atoms with Crippen molar-refractivity contribution >= 4 is 33.3 Å². The Morgan fingerprint density at radius 3 is 2.22 bits per heavy atom. The Morgan fingerprint density at radius 1 is 0.667 bits per heavy atom. The van der Waals surface area contributed by atoms with Crippen LogP contribution < -0.4 is 5.32 Å². The maximum absolute atomic E-state index is 6.55. The maximum atomic E-state index is 6.55. The van der Waals surface area contributed by atoms with Crippen LogP contribution in [0.5, 0.6) is 0 Å². The van der Waals surface area contributed by atoms with Gasteiger partial charge in [-0.15, -0.1) is 59.7 Å². The van der Waals surface area contributed by atoms with E-state index in [1.54, 1.807) is 6.20 Å². The molecule has 8 aromatic rings. The Morgan fingerprint density at radius 2 is 1.47 bits per heavy atom. The summed E-state index contributed by atoms with van der Waals surface area (Å²) in [6, 6.07) is 46.1. The number of nitrogens with zero attached hydrogens (tertiary/aromatic N) is 2. The van der Waals surface area contributed by atoms with Crippen LogP contribution in [0.2, 0.25) is 0 Å². The van der Waals surface area contributed by atoms with Gasteiger partial charge in [-0.2, -0.15) is 0 Å². The summed E-state index contributed by atoms with van der Waals surface area (Å²) in [5.74, 6) is 0. The molecule has 253 valence electrons. The van der Waals surface area contributed by atoms with E-state index in [1.807, 2.05) is 48.7 Å². The van der Waals surface area contributed by atoms with Crippen molar-refractivity contribution in [1.29, 1.82) is 0 Å². The molecule has 3 aromatic heterocycles. The van der Waals surface area contributed by atoms with E-state index in [0.29, 0.717) is 0 Å². The van der Waals surface area contributed by atoms with Gasteiger partial charge in [0, 0.05) is 54.5 Å². The average Bonchev–Trinajstić information content (AvgIpc) is 3.50. The molecule has 0 spiro atoms. The van der Waals surface area contributed by atoms with Gasteiger partial charge in [0.1, 0.15) is 11.2 Å². The Hall–Kier alpha value is -5.35. The Labute approximate surface area is 313 Å². The number of hydrogen-bond acceptors (Lipinski definition) is 4. The van der Waals surface area contributed by atoms with Crippen molar-refractivity contribution in [3.63, 3.8) is 0 Å². The number of hydrogen-bond donors (Lipinski definition) is 1. The molecule has 0 amide bonds. The third kappa shape index (κ3) is 6.52. The second-order valence-electron chi connectivity index (χ2n) is 13.9. The summed E-state index contributed by atoms with van der Waals surface area (Å²) in [5, 5.41) is 6.04. The minimum Gasteiger partial charge on any atom is -0.456 e. The second kappa shape index (κ2) is 13.8. The summed E-state index contributed by atoms with van der Waals surface area (Å²) in [6.45, 7) is 11.1. The predicted octanol–water partition coefficient (Wildman–Crippen LogP) is 12.3. The van der Waals surface area contributed by atoms with Gasteiger partial charge in [-0.05, 0) is 94.5 Å².